The Hall–Kier alpha value is -2.56. The van der Waals surface area contributed by atoms with Gasteiger partial charge in [0.25, 0.3) is 0 Å². The number of nitrogens with one attached hydrogen (secondary N) is 1. The molecule has 1 aromatic carbocycles. The minimum absolute atomic E-state index is 0.761. The van der Waals surface area contributed by atoms with E-state index in [1.165, 1.54) is 16.8 Å². The standard InChI is InChI=1S/C16H19N5/c1-13-15(9-18-20(13)2)8-17-16-10-19-21(12-16)11-14-6-4-3-5-7-14/h3-7,9-10,12,17H,8,11H2,1-2H3. The molecule has 0 aliphatic carbocycles. The van der Waals surface area contributed by atoms with Gasteiger partial charge >= 0.3 is 0 Å². The summed E-state index contributed by atoms with van der Waals surface area (Å²) in [7, 11) is 1.96. The van der Waals surface area contributed by atoms with Crippen LogP contribution in [0.1, 0.15) is 16.8 Å². The van der Waals surface area contributed by atoms with Crippen molar-refractivity contribution in [2.45, 2.75) is 20.0 Å². The highest BCUT2D eigenvalue weighted by molar-refractivity contribution is 5.39. The molecule has 0 aliphatic heterocycles. The molecule has 3 aromatic rings. The van der Waals surface area contributed by atoms with Gasteiger partial charge in [0.1, 0.15) is 0 Å². The molecule has 0 saturated carbocycles. The Bertz CT molecular complexity index is 711. The van der Waals surface area contributed by atoms with E-state index in [0.717, 1.165) is 18.8 Å². The van der Waals surface area contributed by atoms with Crippen LogP contribution in [0.2, 0.25) is 0 Å². The molecule has 2 heterocycles. The van der Waals surface area contributed by atoms with Crippen molar-refractivity contribution in [3.8, 4) is 0 Å². The topological polar surface area (TPSA) is 47.7 Å². The zero-order chi connectivity index (χ0) is 14.7. The van der Waals surface area contributed by atoms with Crippen LogP contribution < -0.4 is 5.32 Å². The normalized spacial score (nSPS) is 10.8. The first-order valence-corrected chi connectivity index (χ1v) is 7.00. The Labute approximate surface area is 124 Å². The lowest BCUT2D eigenvalue weighted by Gasteiger charge is -2.03. The summed E-state index contributed by atoms with van der Waals surface area (Å²) in [5, 5.41) is 12.0. The van der Waals surface area contributed by atoms with Crippen LogP contribution in [0.4, 0.5) is 5.69 Å². The van der Waals surface area contributed by atoms with E-state index in [1.807, 2.05) is 53.2 Å². The number of hydrogen-bond acceptors (Lipinski definition) is 3. The molecule has 0 aliphatic rings. The largest absolute Gasteiger partial charge is 0.378 e. The van der Waals surface area contributed by atoms with Crippen LogP contribution in [-0.2, 0) is 20.1 Å². The second-order valence-corrected chi connectivity index (χ2v) is 5.14. The van der Waals surface area contributed by atoms with Gasteiger partial charge in [-0.05, 0) is 12.5 Å². The number of anilines is 1. The zero-order valence-corrected chi connectivity index (χ0v) is 12.3. The third-order valence-electron chi connectivity index (χ3n) is 3.64. The second-order valence-electron chi connectivity index (χ2n) is 5.14. The fraction of sp³-hybridized carbons (Fsp3) is 0.250. The zero-order valence-electron chi connectivity index (χ0n) is 12.3. The molecule has 0 spiro atoms. The highest BCUT2D eigenvalue weighted by atomic mass is 15.3. The van der Waals surface area contributed by atoms with E-state index in [4.69, 9.17) is 0 Å². The molecule has 21 heavy (non-hydrogen) atoms. The highest BCUT2D eigenvalue weighted by Crippen LogP contribution is 2.11. The molecule has 0 amide bonds. The molecule has 0 radical (unpaired) electrons. The maximum absolute atomic E-state index is 4.38. The first-order valence-electron chi connectivity index (χ1n) is 7.00. The quantitative estimate of drug-likeness (QED) is 0.782. The molecule has 0 bridgehead atoms. The van der Waals surface area contributed by atoms with E-state index in [9.17, 15) is 0 Å². The second kappa shape index (κ2) is 5.83. The Morgan fingerprint density at radius 1 is 1.10 bits per heavy atom. The Kier molecular flexibility index (Phi) is 3.73. The van der Waals surface area contributed by atoms with Gasteiger partial charge in [0.15, 0.2) is 0 Å². The molecular formula is C16H19N5. The molecule has 0 saturated heterocycles. The minimum atomic E-state index is 0.761. The fourth-order valence-corrected chi connectivity index (χ4v) is 2.23. The average molecular weight is 281 g/mol. The number of benzene rings is 1. The Morgan fingerprint density at radius 3 is 2.62 bits per heavy atom. The van der Waals surface area contributed by atoms with Crippen molar-refractivity contribution in [2.75, 3.05) is 5.32 Å². The predicted octanol–water partition coefficient (Wildman–Crippen LogP) is 2.59. The first-order chi connectivity index (χ1) is 10.2. The summed E-state index contributed by atoms with van der Waals surface area (Å²) in [6.45, 7) is 3.62. The molecule has 1 N–H and O–H groups in total. The smallest absolute Gasteiger partial charge is 0.0729 e. The Morgan fingerprint density at radius 2 is 1.90 bits per heavy atom. The van der Waals surface area contributed by atoms with Gasteiger partial charge in [-0.3, -0.25) is 9.36 Å². The van der Waals surface area contributed by atoms with Crippen molar-refractivity contribution in [3.05, 3.63) is 65.7 Å². The number of nitrogens with zero attached hydrogens (tertiary/aromatic N) is 4. The van der Waals surface area contributed by atoms with Crippen LogP contribution in [-0.4, -0.2) is 19.6 Å². The van der Waals surface area contributed by atoms with E-state index in [0.29, 0.717) is 0 Å². The summed E-state index contributed by atoms with van der Waals surface area (Å²) in [6, 6.07) is 10.3. The van der Waals surface area contributed by atoms with Crippen molar-refractivity contribution in [1.82, 2.24) is 19.6 Å². The Balaban J connectivity index is 1.61. The summed E-state index contributed by atoms with van der Waals surface area (Å²) >= 11 is 0. The van der Waals surface area contributed by atoms with Crippen LogP contribution in [0.5, 0.6) is 0 Å². The van der Waals surface area contributed by atoms with E-state index in [-0.39, 0.29) is 0 Å². The monoisotopic (exact) mass is 281 g/mol. The van der Waals surface area contributed by atoms with Crippen molar-refractivity contribution in [1.29, 1.82) is 0 Å². The number of rotatable bonds is 5. The molecule has 0 unspecified atom stereocenters. The van der Waals surface area contributed by atoms with Crippen LogP contribution >= 0.6 is 0 Å². The highest BCUT2D eigenvalue weighted by Gasteiger charge is 2.04. The maximum atomic E-state index is 4.38. The molecule has 5 heteroatoms. The van der Waals surface area contributed by atoms with Crippen molar-refractivity contribution >= 4 is 5.69 Å². The lowest BCUT2D eigenvalue weighted by atomic mass is 10.2. The molecule has 3 rings (SSSR count). The van der Waals surface area contributed by atoms with E-state index in [2.05, 4.69) is 34.6 Å². The van der Waals surface area contributed by atoms with Crippen LogP contribution in [0, 0.1) is 6.92 Å². The maximum Gasteiger partial charge on any atom is 0.0729 e. The first kappa shape index (κ1) is 13.4. The lowest BCUT2D eigenvalue weighted by Crippen LogP contribution is -2.01. The lowest BCUT2D eigenvalue weighted by molar-refractivity contribution is 0.687. The van der Waals surface area contributed by atoms with Crippen LogP contribution in [0.3, 0.4) is 0 Å². The summed E-state index contributed by atoms with van der Waals surface area (Å²) in [5.41, 5.74) is 4.65. The molecule has 2 aromatic heterocycles. The van der Waals surface area contributed by atoms with E-state index < -0.39 is 0 Å². The summed E-state index contributed by atoms with van der Waals surface area (Å²) in [5.74, 6) is 0. The molecule has 5 nitrogen and oxygen atoms in total. The van der Waals surface area contributed by atoms with Gasteiger partial charge in [0.2, 0.25) is 0 Å². The summed E-state index contributed by atoms with van der Waals surface area (Å²) in [4.78, 5) is 0. The number of aromatic nitrogens is 4. The van der Waals surface area contributed by atoms with E-state index >= 15 is 0 Å². The van der Waals surface area contributed by atoms with Crippen molar-refractivity contribution in [3.63, 3.8) is 0 Å². The van der Waals surface area contributed by atoms with Crippen molar-refractivity contribution in [2.24, 2.45) is 7.05 Å². The van der Waals surface area contributed by atoms with Gasteiger partial charge < -0.3 is 5.32 Å². The minimum Gasteiger partial charge on any atom is -0.378 e. The SMILES string of the molecule is Cc1c(CNc2cnn(Cc3ccccc3)c2)cnn1C. The molecule has 0 atom stereocenters. The fourth-order valence-electron chi connectivity index (χ4n) is 2.23. The van der Waals surface area contributed by atoms with Gasteiger partial charge in [-0.1, -0.05) is 30.3 Å². The number of hydrogen-bond donors (Lipinski definition) is 1. The van der Waals surface area contributed by atoms with Gasteiger partial charge in [-0.25, -0.2) is 0 Å². The molecular weight excluding hydrogens is 262 g/mol. The van der Waals surface area contributed by atoms with Gasteiger partial charge in [-0.15, -0.1) is 0 Å². The van der Waals surface area contributed by atoms with Crippen molar-refractivity contribution < 1.29 is 0 Å². The summed E-state index contributed by atoms with van der Waals surface area (Å²) in [6.07, 6.45) is 5.78. The predicted molar refractivity (Wildman–Crippen MR) is 83.0 cm³/mol. The third-order valence-corrected chi connectivity index (χ3v) is 3.64. The van der Waals surface area contributed by atoms with Gasteiger partial charge in [0, 0.05) is 31.0 Å². The number of aryl methyl sites for hydroxylation is 1. The van der Waals surface area contributed by atoms with Gasteiger partial charge in [0.05, 0.1) is 24.6 Å². The average Bonchev–Trinajstić information content (AvgIpc) is 3.07. The molecule has 0 fully saturated rings. The van der Waals surface area contributed by atoms with E-state index in [1.54, 1.807) is 0 Å². The summed E-state index contributed by atoms with van der Waals surface area (Å²) < 4.78 is 3.82. The molecule has 108 valence electrons. The van der Waals surface area contributed by atoms with Crippen LogP contribution in [0.15, 0.2) is 48.9 Å². The third kappa shape index (κ3) is 3.13. The van der Waals surface area contributed by atoms with Crippen LogP contribution in [0.25, 0.3) is 0 Å². The van der Waals surface area contributed by atoms with Gasteiger partial charge in [-0.2, -0.15) is 10.2 Å².